The Kier molecular flexibility index (Phi) is 5.42. The van der Waals surface area contributed by atoms with Gasteiger partial charge >= 0.3 is 11.9 Å². The summed E-state index contributed by atoms with van der Waals surface area (Å²) in [4.78, 5) is 22.4. The largest absolute Gasteiger partial charge is 0.406 e. The molecule has 5 N–H and O–H groups in total. The van der Waals surface area contributed by atoms with E-state index in [4.69, 9.17) is 9.84 Å². The minimum Gasteiger partial charge on any atom is -0.406 e. The van der Waals surface area contributed by atoms with Crippen LogP contribution in [-0.4, -0.2) is 69.2 Å². The molecule has 0 saturated carbocycles. The number of aliphatic hydroxyl groups is 4. The van der Waals surface area contributed by atoms with Gasteiger partial charge in [0.25, 0.3) is 0 Å². The number of rotatable bonds is 4. The second kappa shape index (κ2) is 6.46. The Bertz CT molecular complexity index is 375. The Balaban J connectivity index is 3.05. The smallest absolute Gasteiger partial charge is 0.351 e. The number of hydrogen-bond acceptors (Lipinski definition) is 8. The molecule has 0 bridgehead atoms. The molecule has 0 radical (unpaired) electrons. The quantitative estimate of drug-likeness (QED) is 0.276. The molecule has 5 atom stereocenters. The lowest BCUT2D eigenvalue weighted by molar-refractivity contribution is -0.410. The minimum atomic E-state index is -2.68. The summed E-state index contributed by atoms with van der Waals surface area (Å²) in [6.45, 7) is 1.85. The van der Waals surface area contributed by atoms with E-state index in [2.05, 4.69) is 10.1 Å². The number of ether oxygens (including phenoxy) is 2. The first kappa shape index (κ1) is 16.8. The van der Waals surface area contributed by atoms with Crippen LogP contribution in [0.2, 0.25) is 0 Å². The van der Waals surface area contributed by atoms with Crippen LogP contribution in [0.1, 0.15) is 20.3 Å². The predicted molar refractivity (Wildman–Crippen MR) is 62.9 cm³/mol. The molecule has 20 heavy (non-hydrogen) atoms. The summed E-state index contributed by atoms with van der Waals surface area (Å²) in [5.74, 6) is -4.16. The van der Waals surface area contributed by atoms with Gasteiger partial charge in [-0.3, -0.25) is 9.59 Å². The van der Waals surface area contributed by atoms with Crippen LogP contribution in [0.15, 0.2) is 0 Å². The Morgan fingerprint density at radius 1 is 1.35 bits per heavy atom. The van der Waals surface area contributed by atoms with Crippen molar-refractivity contribution in [2.24, 2.45) is 0 Å². The van der Waals surface area contributed by atoms with Crippen LogP contribution in [0.25, 0.3) is 0 Å². The highest BCUT2D eigenvalue weighted by atomic mass is 16.8. The molecule has 0 aliphatic carbocycles. The van der Waals surface area contributed by atoms with Gasteiger partial charge in [0.15, 0.2) is 6.04 Å². The summed E-state index contributed by atoms with van der Waals surface area (Å²) in [6, 6.07) is -1.59. The number of carbonyl (C=O) groups excluding carboxylic acids is 2. The zero-order valence-corrected chi connectivity index (χ0v) is 11.1. The molecular formula is C11H19NO8. The summed E-state index contributed by atoms with van der Waals surface area (Å²) < 4.78 is 9.62. The maximum Gasteiger partial charge on any atom is 0.351 e. The van der Waals surface area contributed by atoms with Gasteiger partial charge in [-0.15, -0.1) is 0 Å². The van der Waals surface area contributed by atoms with Gasteiger partial charge in [0, 0.05) is 13.3 Å². The molecule has 0 aromatic carbocycles. The molecule has 1 aliphatic heterocycles. The Morgan fingerprint density at radius 2 is 1.95 bits per heavy atom. The SMILES string of the molecule is CCC(=O)OC1(O)O[C@H](CO)[C@@H](O)[C@H](O)[C@H]1NC(C)=O. The summed E-state index contributed by atoms with van der Waals surface area (Å²) in [6.07, 6.45) is -4.72. The average molecular weight is 293 g/mol. The van der Waals surface area contributed by atoms with Crippen molar-refractivity contribution in [3.63, 3.8) is 0 Å². The Hall–Kier alpha value is -1.26. The molecule has 1 saturated heterocycles. The highest BCUT2D eigenvalue weighted by molar-refractivity contribution is 5.73. The van der Waals surface area contributed by atoms with Crippen LogP contribution >= 0.6 is 0 Å². The van der Waals surface area contributed by atoms with Crippen LogP contribution in [0.3, 0.4) is 0 Å². The van der Waals surface area contributed by atoms with Gasteiger partial charge < -0.3 is 35.2 Å². The van der Waals surface area contributed by atoms with Crippen molar-refractivity contribution >= 4 is 11.9 Å². The van der Waals surface area contributed by atoms with Crippen LogP contribution in [0.4, 0.5) is 0 Å². The van der Waals surface area contributed by atoms with Gasteiger partial charge in [-0.25, -0.2) is 0 Å². The molecule has 0 aromatic rings. The van der Waals surface area contributed by atoms with Gasteiger partial charge in [-0.05, 0) is 0 Å². The van der Waals surface area contributed by atoms with Gasteiger partial charge in [0.1, 0.15) is 18.3 Å². The molecule has 1 rings (SSSR count). The van der Waals surface area contributed by atoms with Crippen molar-refractivity contribution < 1.29 is 39.5 Å². The standard InChI is InChI=1S/C11H19NO8/c1-3-7(15)20-11(18)10(12-5(2)14)9(17)8(16)6(4-13)19-11/h6,8-10,13,16-18H,3-4H2,1-2H3,(H,12,14)/t6-,8-,9+,10-,11?/m1/s1. The van der Waals surface area contributed by atoms with Gasteiger partial charge in [0.2, 0.25) is 5.91 Å². The fraction of sp³-hybridized carbons (Fsp3) is 0.818. The van der Waals surface area contributed by atoms with E-state index in [1.807, 2.05) is 0 Å². The van der Waals surface area contributed by atoms with Crippen molar-refractivity contribution in [2.45, 2.75) is 50.6 Å². The molecule has 1 heterocycles. The first-order chi connectivity index (χ1) is 9.25. The van der Waals surface area contributed by atoms with Crippen molar-refractivity contribution in [1.29, 1.82) is 0 Å². The lowest BCUT2D eigenvalue weighted by atomic mass is 9.95. The fourth-order valence-corrected chi connectivity index (χ4v) is 1.86. The third kappa shape index (κ3) is 3.44. The molecular weight excluding hydrogens is 274 g/mol. The first-order valence-electron chi connectivity index (χ1n) is 6.11. The summed E-state index contributed by atoms with van der Waals surface area (Å²) in [5, 5.41) is 41.0. The maximum absolute atomic E-state index is 11.3. The van der Waals surface area contributed by atoms with Crippen molar-refractivity contribution in [1.82, 2.24) is 5.32 Å². The van der Waals surface area contributed by atoms with Crippen LogP contribution in [0, 0.1) is 0 Å². The topological polar surface area (TPSA) is 146 Å². The molecule has 1 unspecified atom stereocenters. The predicted octanol–water partition coefficient (Wildman–Crippen LogP) is -2.80. The zero-order chi connectivity index (χ0) is 15.5. The average Bonchev–Trinajstić information content (AvgIpc) is 2.38. The zero-order valence-electron chi connectivity index (χ0n) is 11.1. The number of carbonyl (C=O) groups is 2. The molecule has 116 valence electrons. The molecule has 1 fully saturated rings. The number of hydrogen-bond donors (Lipinski definition) is 5. The van der Waals surface area contributed by atoms with Crippen LogP contribution in [-0.2, 0) is 19.1 Å². The third-order valence-electron chi connectivity index (χ3n) is 2.87. The number of aliphatic hydroxyl groups excluding tert-OH is 3. The van der Waals surface area contributed by atoms with E-state index in [1.165, 1.54) is 6.92 Å². The molecule has 9 nitrogen and oxygen atoms in total. The van der Waals surface area contributed by atoms with Crippen molar-refractivity contribution in [2.75, 3.05) is 6.61 Å². The maximum atomic E-state index is 11.3. The van der Waals surface area contributed by atoms with E-state index in [9.17, 15) is 24.9 Å². The van der Waals surface area contributed by atoms with E-state index in [-0.39, 0.29) is 6.42 Å². The Labute approximate surface area is 115 Å². The monoisotopic (exact) mass is 293 g/mol. The summed E-state index contributed by atoms with van der Waals surface area (Å²) in [5.41, 5.74) is 0. The van der Waals surface area contributed by atoms with Gasteiger partial charge in [0.05, 0.1) is 6.61 Å². The lowest BCUT2D eigenvalue weighted by Crippen LogP contribution is -2.71. The normalized spacial score (nSPS) is 37.3. The van der Waals surface area contributed by atoms with E-state index < -0.39 is 48.8 Å². The summed E-state index contributed by atoms with van der Waals surface area (Å²) in [7, 11) is 0. The van der Waals surface area contributed by atoms with E-state index in [0.29, 0.717) is 0 Å². The number of nitrogens with one attached hydrogen (secondary N) is 1. The van der Waals surface area contributed by atoms with Gasteiger partial charge in [-0.2, -0.15) is 0 Å². The second-order valence-corrected chi connectivity index (χ2v) is 4.46. The second-order valence-electron chi connectivity index (χ2n) is 4.46. The lowest BCUT2D eigenvalue weighted by Gasteiger charge is -2.46. The molecule has 0 spiro atoms. The van der Waals surface area contributed by atoms with Gasteiger partial charge in [-0.1, -0.05) is 6.92 Å². The van der Waals surface area contributed by atoms with Crippen LogP contribution in [0.5, 0.6) is 0 Å². The highest BCUT2D eigenvalue weighted by Crippen LogP contribution is 2.29. The molecule has 0 aromatic heterocycles. The van der Waals surface area contributed by atoms with Crippen molar-refractivity contribution in [3.8, 4) is 0 Å². The minimum absolute atomic E-state index is 0.0824. The molecule has 1 amide bonds. The van der Waals surface area contributed by atoms with E-state index in [1.54, 1.807) is 0 Å². The number of amides is 1. The fourth-order valence-electron chi connectivity index (χ4n) is 1.86. The highest BCUT2D eigenvalue weighted by Gasteiger charge is 2.56. The van der Waals surface area contributed by atoms with E-state index in [0.717, 1.165) is 6.92 Å². The van der Waals surface area contributed by atoms with E-state index >= 15 is 0 Å². The molecule has 1 aliphatic rings. The van der Waals surface area contributed by atoms with Crippen molar-refractivity contribution in [3.05, 3.63) is 0 Å². The summed E-state index contributed by atoms with van der Waals surface area (Å²) >= 11 is 0. The number of esters is 1. The third-order valence-corrected chi connectivity index (χ3v) is 2.87. The Morgan fingerprint density at radius 3 is 2.40 bits per heavy atom. The first-order valence-corrected chi connectivity index (χ1v) is 6.11. The molecule has 9 heteroatoms. The van der Waals surface area contributed by atoms with Crippen LogP contribution < -0.4 is 5.32 Å².